The Morgan fingerprint density at radius 3 is 2.78 bits per heavy atom. The Bertz CT molecular complexity index is 497. The molecule has 4 N–H and O–H groups in total. The van der Waals surface area contributed by atoms with E-state index < -0.39 is 0 Å². The SMILES string of the molecule is CCNc1ncnc(NN)c1C(C)c1ccco1. The standard InChI is InChI=1S/C12H17N5O/c1-3-14-11-10(12(17-13)16-7-15-11)8(2)9-5-4-6-18-9/h4-8H,3,13H2,1-2H3,(H2,14,15,16,17). The van der Waals surface area contributed by atoms with Crippen LogP contribution in [0.25, 0.3) is 0 Å². The number of nitrogens with zero attached hydrogens (tertiary/aromatic N) is 2. The number of anilines is 2. The van der Waals surface area contributed by atoms with Crippen LogP contribution in [0.1, 0.15) is 31.1 Å². The van der Waals surface area contributed by atoms with E-state index >= 15 is 0 Å². The molecule has 96 valence electrons. The van der Waals surface area contributed by atoms with E-state index in [0.29, 0.717) is 5.82 Å². The Morgan fingerprint density at radius 1 is 1.39 bits per heavy atom. The van der Waals surface area contributed by atoms with Crippen LogP contribution in [0.2, 0.25) is 0 Å². The molecule has 0 aliphatic carbocycles. The molecule has 18 heavy (non-hydrogen) atoms. The van der Waals surface area contributed by atoms with E-state index in [2.05, 4.69) is 20.7 Å². The highest BCUT2D eigenvalue weighted by Gasteiger charge is 2.20. The zero-order chi connectivity index (χ0) is 13.0. The summed E-state index contributed by atoms with van der Waals surface area (Å²) in [6, 6.07) is 3.78. The molecule has 0 bridgehead atoms. The summed E-state index contributed by atoms with van der Waals surface area (Å²) in [6.07, 6.45) is 3.13. The summed E-state index contributed by atoms with van der Waals surface area (Å²) >= 11 is 0. The van der Waals surface area contributed by atoms with Gasteiger partial charge in [-0.1, -0.05) is 6.92 Å². The second-order valence-corrected chi connectivity index (χ2v) is 3.90. The first-order valence-corrected chi connectivity index (χ1v) is 5.86. The zero-order valence-corrected chi connectivity index (χ0v) is 10.5. The van der Waals surface area contributed by atoms with Gasteiger partial charge in [0.15, 0.2) is 0 Å². The minimum atomic E-state index is 0.0151. The monoisotopic (exact) mass is 247 g/mol. The molecule has 2 aromatic rings. The van der Waals surface area contributed by atoms with Gasteiger partial charge in [0, 0.05) is 18.0 Å². The molecular weight excluding hydrogens is 230 g/mol. The molecule has 1 unspecified atom stereocenters. The van der Waals surface area contributed by atoms with Crippen LogP contribution in [-0.4, -0.2) is 16.5 Å². The first-order valence-electron chi connectivity index (χ1n) is 5.86. The number of hydrogen-bond acceptors (Lipinski definition) is 6. The molecule has 0 spiro atoms. The lowest BCUT2D eigenvalue weighted by Gasteiger charge is -2.17. The number of hydrazine groups is 1. The van der Waals surface area contributed by atoms with Crippen molar-refractivity contribution >= 4 is 11.6 Å². The predicted octanol–water partition coefficient (Wildman–Crippen LogP) is 1.94. The number of hydrogen-bond donors (Lipinski definition) is 3. The molecule has 0 radical (unpaired) electrons. The quantitative estimate of drug-likeness (QED) is 0.552. The summed E-state index contributed by atoms with van der Waals surface area (Å²) in [6.45, 7) is 4.82. The largest absolute Gasteiger partial charge is 0.469 e. The zero-order valence-electron chi connectivity index (χ0n) is 10.5. The molecule has 0 aliphatic heterocycles. The first kappa shape index (κ1) is 12.4. The van der Waals surface area contributed by atoms with E-state index in [0.717, 1.165) is 23.7 Å². The third kappa shape index (κ3) is 2.28. The minimum absolute atomic E-state index is 0.0151. The van der Waals surface area contributed by atoms with Crippen LogP contribution in [0.4, 0.5) is 11.6 Å². The number of furan rings is 1. The Kier molecular flexibility index (Phi) is 3.78. The van der Waals surface area contributed by atoms with E-state index in [1.165, 1.54) is 6.33 Å². The van der Waals surface area contributed by atoms with Crippen molar-refractivity contribution in [2.75, 3.05) is 17.3 Å². The van der Waals surface area contributed by atoms with Gasteiger partial charge < -0.3 is 15.2 Å². The highest BCUT2D eigenvalue weighted by Crippen LogP contribution is 2.33. The van der Waals surface area contributed by atoms with Crippen molar-refractivity contribution in [2.45, 2.75) is 19.8 Å². The maximum Gasteiger partial charge on any atom is 0.149 e. The number of nitrogens with two attached hydrogens (primary N) is 1. The highest BCUT2D eigenvalue weighted by molar-refractivity contribution is 5.60. The van der Waals surface area contributed by atoms with E-state index in [-0.39, 0.29) is 5.92 Å². The van der Waals surface area contributed by atoms with Crippen LogP contribution >= 0.6 is 0 Å². The first-order chi connectivity index (χ1) is 8.77. The molecule has 0 saturated heterocycles. The molecule has 1 atom stereocenters. The van der Waals surface area contributed by atoms with Crippen molar-refractivity contribution in [1.82, 2.24) is 9.97 Å². The predicted molar refractivity (Wildman–Crippen MR) is 70.2 cm³/mol. The third-order valence-corrected chi connectivity index (χ3v) is 2.77. The fraction of sp³-hybridized carbons (Fsp3) is 0.333. The maximum absolute atomic E-state index is 5.51. The summed E-state index contributed by atoms with van der Waals surface area (Å²) < 4.78 is 5.43. The topological polar surface area (TPSA) is 89.0 Å². The number of aromatic nitrogens is 2. The molecule has 0 aromatic carbocycles. The van der Waals surface area contributed by atoms with Gasteiger partial charge in [0.05, 0.1) is 6.26 Å². The van der Waals surface area contributed by atoms with Crippen molar-refractivity contribution in [2.24, 2.45) is 5.84 Å². The van der Waals surface area contributed by atoms with Gasteiger partial charge in [-0.15, -0.1) is 0 Å². The van der Waals surface area contributed by atoms with Crippen molar-refractivity contribution in [3.63, 3.8) is 0 Å². The van der Waals surface area contributed by atoms with Gasteiger partial charge >= 0.3 is 0 Å². The maximum atomic E-state index is 5.51. The minimum Gasteiger partial charge on any atom is -0.469 e. The van der Waals surface area contributed by atoms with E-state index in [1.807, 2.05) is 26.0 Å². The van der Waals surface area contributed by atoms with Gasteiger partial charge in [0.25, 0.3) is 0 Å². The third-order valence-electron chi connectivity index (χ3n) is 2.77. The molecule has 0 fully saturated rings. The van der Waals surface area contributed by atoms with Crippen molar-refractivity contribution in [3.05, 3.63) is 36.0 Å². The molecule has 2 aromatic heterocycles. The second kappa shape index (κ2) is 5.50. The van der Waals surface area contributed by atoms with Gasteiger partial charge in [0.2, 0.25) is 0 Å². The van der Waals surface area contributed by atoms with Crippen LogP contribution < -0.4 is 16.6 Å². The summed E-state index contributed by atoms with van der Waals surface area (Å²) in [5.74, 6) is 7.74. The highest BCUT2D eigenvalue weighted by atomic mass is 16.3. The average Bonchev–Trinajstić information content (AvgIpc) is 2.92. The molecular formula is C12H17N5O. The summed E-state index contributed by atoms with van der Waals surface area (Å²) in [7, 11) is 0. The van der Waals surface area contributed by atoms with E-state index in [9.17, 15) is 0 Å². The fourth-order valence-corrected chi connectivity index (χ4v) is 1.91. The van der Waals surface area contributed by atoms with Crippen molar-refractivity contribution in [1.29, 1.82) is 0 Å². The van der Waals surface area contributed by atoms with E-state index in [1.54, 1.807) is 6.26 Å². The molecule has 0 amide bonds. The fourth-order valence-electron chi connectivity index (χ4n) is 1.91. The van der Waals surface area contributed by atoms with Crippen molar-refractivity contribution < 1.29 is 4.42 Å². The lowest BCUT2D eigenvalue weighted by Crippen LogP contribution is -2.16. The Morgan fingerprint density at radius 2 is 2.17 bits per heavy atom. The van der Waals surface area contributed by atoms with Gasteiger partial charge in [0.1, 0.15) is 23.7 Å². The Labute approximate surface area is 106 Å². The van der Waals surface area contributed by atoms with Crippen LogP contribution in [0, 0.1) is 0 Å². The number of nitrogen functional groups attached to an aromatic ring is 1. The molecule has 0 aliphatic rings. The van der Waals surface area contributed by atoms with Crippen LogP contribution in [0.3, 0.4) is 0 Å². The molecule has 6 heteroatoms. The van der Waals surface area contributed by atoms with Crippen molar-refractivity contribution in [3.8, 4) is 0 Å². The molecule has 2 heterocycles. The normalized spacial score (nSPS) is 12.2. The molecule has 2 rings (SSSR count). The lowest BCUT2D eigenvalue weighted by molar-refractivity contribution is 0.495. The van der Waals surface area contributed by atoms with Crippen LogP contribution in [0.15, 0.2) is 29.1 Å². The molecule has 0 saturated carbocycles. The number of rotatable bonds is 5. The Balaban J connectivity index is 2.46. The Hall–Kier alpha value is -2.08. The average molecular weight is 247 g/mol. The van der Waals surface area contributed by atoms with Gasteiger partial charge in [-0.25, -0.2) is 15.8 Å². The molecule has 6 nitrogen and oxygen atoms in total. The summed E-state index contributed by atoms with van der Waals surface area (Å²) in [5.41, 5.74) is 3.50. The summed E-state index contributed by atoms with van der Waals surface area (Å²) in [4.78, 5) is 8.39. The van der Waals surface area contributed by atoms with Gasteiger partial charge in [-0.2, -0.15) is 0 Å². The second-order valence-electron chi connectivity index (χ2n) is 3.90. The van der Waals surface area contributed by atoms with Gasteiger partial charge in [-0.3, -0.25) is 0 Å². The smallest absolute Gasteiger partial charge is 0.149 e. The van der Waals surface area contributed by atoms with Crippen LogP contribution in [0.5, 0.6) is 0 Å². The van der Waals surface area contributed by atoms with Crippen LogP contribution in [-0.2, 0) is 0 Å². The number of nitrogens with one attached hydrogen (secondary N) is 2. The van der Waals surface area contributed by atoms with E-state index in [4.69, 9.17) is 10.3 Å². The lowest BCUT2D eigenvalue weighted by atomic mass is 9.99. The van der Waals surface area contributed by atoms with Gasteiger partial charge in [-0.05, 0) is 19.1 Å². The summed E-state index contributed by atoms with van der Waals surface area (Å²) in [5, 5.41) is 3.21.